The maximum absolute atomic E-state index is 11.9. The molecule has 3 rings (SSSR count). The molecule has 0 radical (unpaired) electrons. The van der Waals surface area contributed by atoms with Crippen LogP contribution >= 0.6 is 11.6 Å². The number of nitrogens with zero attached hydrogens (tertiary/aromatic N) is 1. The number of imidazole rings is 1. The van der Waals surface area contributed by atoms with Crippen LogP contribution in [0.4, 0.5) is 0 Å². The van der Waals surface area contributed by atoms with Crippen LogP contribution in [-0.2, 0) is 11.2 Å². The normalized spacial score (nSPS) is 12.2. The van der Waals surface area contributed by atoms with Crippen molar-refractivity contribution in [2.75, 3.05) is 6.54 Å². The summed E-state index contributed by atoms with van der Waals surface area (Å²) in [5.74, 6) is 0.796. The highest BCUT2D eigenvalue weighted by molar-refractivity contribution is 6.30. The van der Waals surface area contributed by atoms with E-state index in [2.05, 4.69) is 15.3 Å². The number of aryl methyl sites for hydroxylation is 1. The van der Waals surface area contributed by atoms with E-state index < -0.39 is 6.10 Å². The number of aromatic nitrogens is 2. The first-order valence-corrected chi connectivity index (χ1v) is 8.63. The number of carbonyl (C=O) groups is 1. The molecular formula is C19H20ClN3O2. The molecule has 1 aromatic heterocycles. The molecule has 2 aromatic carbocycles. The van der Waals surface area contributed by atoms with Crippen LogP contribution in [0.2, 0.25) is 5.02 Å². The maximum Gasteiger partial charge on any atom is 0.220 e. The molecule has 0 saturated carbocycles. The minimum Gasteiger partial charge on any atom is -0.387 e. The molecular weight excluding hydrogens is 338 g/mol. The van der Waals surface area contributed by atoms with Gasteiger partial charge in [-0.05, 0) is 36.2 Å². The van der Waals surface area contributed by atoms with Crippen LogP contribution in [0.5, 0.6) is 0 Å². The van der Waals surface area contributed by atoms with Crippen LogP contribution < -0.4 is 5.32 Å². The number of benzene rings is 2. The molecule has 3 aromatic rings. The van der Waals surface area contributed by atoms with Crippen molar-refractivity contribution in [2.24, 2.45) is 0 Å². The van der Waals surface area contributed by atoms with E-state index in [4.69, 9.17) is 11.6 Å². The molecule has 6 heteroatoms. The van der Waals surface area contributed by atoms with Gasteiger partial charge >= 0.3 is 0 Å². The Bertz CT molecular complexity index is 830. The van der Waals surface area contributed by atoms with Crippen LogP contribution in [0.3, 0.4) is 0 Å². The quantitative estimate of drug-likeness (QED) is 0.606. The molecule has 0 bridgehead atoms. The Labute approximate surface area is 151 Å². The number of aliphatic hydroxyl groups excluding tert-OH is 1. The van der Waals surface area contributed by atoms with Gasteiger partial charge in [-0.25, -0.2) is 4.98 Å². The lowest BCUT2D eigenvalue weighted by molar-refractivity contribution is -0.121. The number of fused-ring (bicyclic) bond motifs is 1. The summed E-state index contributed by atoms with van der Waals surface area (Å²) in [5, 5.41) is 13.4. The van der Waals surface area contributed by atoms with Crippen molar-refractivity contribution in [2.45, 2.75) is 25.4 Å². The van der Waals surface area contributed by atoms with Gasteiger partial charge in [-0.3, -0.25) is 4.79 Å². The van der Waals surface area contributed by atoms with Crippen LogP contribution in [0, 0.1) is 0 Å². The number of amides is 1. The molecule has 0 unspecified atom stereocenters. The molecule has 1 amide bonds. The predicted octanol–water partition coefficient (Wildman–Crippen LogP) is 3.39. The lowest BCUT2D eigenvalue weighted by atomic mass is 10.1. The van der Waals surface area contributed by atoms with Crippen molar-refractivity contribution in [1.82, 2.24) is 15.3 Å². The molecule has 130 valence electrons. The molecule has 0 spiro atoms. The van der Waals surface area contributed by atoms with Gasteiger partial charge in [-0.2, -0.15) is 0 Å². The molecule has 5 nitrogen and oxygen atoms in total. The van der Waals surface area contributed by atoms with Gasteiger partial charge in [0, 0.05) is 24.4 Å². The van der Waals surface area contributed by atoms with Crippen molar-refractivity contribution in [1.29, 1.82) is 0 Å². The SMILES string of the molecule is O=C(CCCc1nc2ccccc2[nH]1)NC[C@H](O)c1cccc(Cl)c1. The third kappa shape index (κ3) is 4.81. The van der Waals surface area contributed by atoms with E-state index in [0.717, 1.165) is 16.9 Å². The standard InChI is InChI=1S/C19H20ClN3O2/c20-14-6-3-5-13(11-14)17(24)12-21-19(25)10-4-9-18-22-15-7-1-2-8-16(15)23-18/h1-3,5-8,11,17,24H,4,9-10,12H2,(H,21,25)(H,22,23)/t17-/m0/s1. The Kier molecular flexibility index (Phi) is 5.68. The van der Waals surface area contributed by atoms with E-state index in [9.17, 15) is 9.90 Å². The fourth-order valence-electron chi connectivity index (χ4n) is 2.67. The predicted molar refractivity (Wildman–Crippen MR) is 98.5 cm³/mol. The third-order valence-electron chi connectivity index (χ3n) is 3.98. The number of hydrogen-bond donors (Lipinski definition) is 3. The van der Waals surface area contributed by atoms with Gasteiger partial charge in [0.25, 0.3) is 0 Å². The van der Waals surface area contributed by atoms with Crippen molar-refractivity contribution < 1.29 is 9.90 Å². The number of carbonyl (C=O) groups excluding carboxylic acids is 1. The number of para-hydroxylation sites is 2. The first-order valence-electron chi connectivity index (χ1n) is 8.25. The molecule has 3 N–H and O–H groups in total. The monoisotopic (exact) mass is 357 g/mol. The molecule has 0 saturated heterocycles. The first kappa shape index (κ1) is 17.5. The molecule has 0 aliphatic heterocycles. The van der Waals surface area contributed by atoms with E-state index in [1.807, 2.05) is 24.3 Å². The highest BCUT2D eigenvalue weighted by Crippen LogP contribution is 2.17. The highest BCUT2D eigenvalue weighted by atomic mass is 35.5. The van der Waals surface area contributed by atoms with Crippen LogP contribution in [0.15, 0.2) is 48.5 Å². The summed E-state index contributed by atoms with van der Waals surface area (Å²) in [5.41, 5.74) is 2.63. The van der Waals surface area contributed by atoms with E-state index in [1.165, 1.54) is 0 Å². The zero-order chi connectivity index (χ0) is 17.6. The average molecular weight is 358 g/mol. The van der Waals surface area contributed by atoms with Gasteiger partial charge in [-0.1, -0.05) is 35.9 Å². The zero-order valence-electron chi connectivity index (χ0n) is 13.7. The van der Waals surface area contributed by atoms with Crippen LogP contribution in [-0.4, -0.2) is 27.5 Å². The molecule has 1 heterocycles. The van der Waals surface area contributed by atoms with E-state index in [1.54, 1.807) is 24.3 Å². The summed E-state index contributed by atoms with van der Waals surface area (Å²) in [7, 11) is 0. The van der Waals surface area contributed by atoms with Gasteiger partial charge in [-0.15, -0.1) is 0 Å². The summed E-state index contributed by atoms with van der Waals surface area (Å²) >= 11 is 5.90. The molecule has 0 aliphatic carbocycles. The second-order valence-electron chi connectivity index (χ2n) is 5.93. The van der Waals surface area contributed by atoms with Crippen molar-refractivity contribution in [3.05, 3.63) is 64.9 Å². The Morgan fingerprint density at radius 3 is 2.88 bits per heavy atom. The van der Waals surface area contributed by atoms with Crippen LogP contribution in [0.1, 0.15) is 30.3 Å². The second kappa shape index (κ2) is 8.14. The summed E-state index contributed by atoms with van der Waals surface area (Å²) in [6, 6.07) is 14.8. The Morgan fingerprint density at radius 2 is 2.08 bits per heavy atom. The van der Waals surface area contributed by atoms with E-state index in [-0.39, 0.29) is 12.5 Å². The molecule has 0 fully saturated rings. The van der Waals surface area contributed by atoms with Gasteiger partial charge in [0.2, 0.25) is 5.91 Å². The molecule has 0 aliphatic rings. The second-order valence-corrected chi connectivity index (χ2v) is 6.37. The summed E-state index contributed by atoms with van der Waals surface area (Å²) < 4.78 is 0. The molecule has 25 heavy (non-hydrogen) atoms. The van der Waals surface area contributed by atoms with E-state index in [0.29, 0.717) is 29.8 Å². The van der Waals surface area contributed by atoms with Crippen LogP contribution in [0.25, 0.3) is 11.0 Å². The number of rotatable bonds is 7. The fraction of sp³-hybridized carbons (Fsp3) is 0.263. The minimum atomic E-state index is -0.766. The number of hydrogen-bond acceptors (Lipinski definition) is 3. The zero-order valence-corrected chi connectivity index (χ0v) is 14.5. The number of nitrogens with one attached hydrogen (secondary N) is 2. The highest BCUT2D eigenvalue weighted by Gasteiger charge is 2.10. The Balaban J connectivity index is 1.42. The summed E-state index contributed by atoms with van der Waals surface area (Å²) in [6.07, 6.45) is 1.02. The van der Waals surface area contributed by atoms with Gasteiger partial charge in [0.05, 0.1) is 17.1 Å². The number of H-pyrrole nitrogens is 1. The van der Waals surface area contributed by atoms with Crippen molar-refractivity contribution in [3.63, 3.8) is 0 Å². The molecule has 1 atom stereocenters. The fourth-order valence-corrected chi connectivity index (χ4v) is 2.87. The van der Waals surface area contributed by atoms with Gasteiger partial charge in [0.15, 0.2) is 0 Å². The number of aliphatic hydroxyl groups is 1. The van der Waals surface area contributed by atoms with Crippen molar-refractivity contribution >= 4 is 28.5 Å². The smallest absolute Gasteiger partial charge is 0.220 e. The third-order valence-corrected chi connectivity index (χ3v) is 4.22. The van der Waals surface area contributed by atoms with Gasteiger partial charge in [0.1, 0.15) is 5.82 Å². The lowest BCUT2D eigenvalue weighted by Gasteiger charge is -2.12. The largest absolute Gasteiger partial charge is 0.387 e. The van der Waals surface area contributed by atoms with Gasteiger partial charge < -0.3 is 15.4 Å². The van der Waals surface area contributed by atoms with Crippen molar-refractivity contribution in [3.8, 4) is 0 Å². The topological polar surface area (TPSA) is 78.0 Å². The maximum atomic E-state index is 11.9. The summed E-state index contributed by atoms with van der Waals surface area (Å²) in [6.45, 7) is 0.170. The minimum absolute atomic E-state index is 0.0859. The summed E-state index contributed by atoms with van der Waals surface area (Å²) in [4.78, 5) is 19.7. The Hall–Kier alpha value is -2.37. The Morgan fingerprint density at radius 1 is 1.24 bits per heavy atom. The average Bonchev–Trinajstić information content (AvgIpc) is 3.02. The van der Waals surface area contributed by atoms with E-state index >= 15 is 0 Å². The number of aromatic amines is 1. The number of halogens is 1. The lowest BCUT2D eigenvalue weighted by Crippen LogP contribution is -2.28. The first-order chi connectivity index (χ1) is 12.1.